The molecule has 1 fully saturated rings. The van der Waals surface area contributed by atoms with E-state index in [1.165, 1.54) is 0 Å². The van der Waals surface area contributed by atoms with Crippen LogP contribution in [0.2, 0.25) is 0 Å². The van der Waals surface area contributed by atoms with Gasteiger partial charge in [0.1, 0.15) is 5.92 Å². The minimum atomic E-state index is -0.635. The highest BCUT2D eigenvalue weighted by Gasteiger charge is 2.38. The molecular formula is C20H31O4P. The van der Waals surface area contributed by atoms with Gasteiger partial charge in [0.2, 0.25) is 0 Å². The average Bonchev–Trinajstić information content (AvgIpc) is 3.08. The number of Topliss-reactive ketones (excluding diaryl/α,β-unsaturated/α-hetero) is 1. The van der Waals surface area contributed by atoms with E-state index in [0.29, 0.717) is 21.3 Å². The molecule has 0 heterocycles. The number of benzene rings is 1. The molecule has 140 valence electrons. The maximum absolute atomic E-state index is 13.2. The van der Waals surface area contributed by atoms with Crippen LogP contribution in [-0.4, -0.2) is 18.4 Å². The quantitative estimate of drug-likeness (QED) is 0.322. The van der Waals surface area contributed by atoms with Crippen molar-refractivity contribution in [3.8, 4) is 0 Å². The van der Waals surface area contributed by atoms with E-state index in [9.17, 15) is 9.59 Å². The van der Waals surface area contributed by atoms with E-state index in [0.717, 1.165) is 48.8 Å². The number of esters is 1. The molecule has 1 aliphatic rings. The van der Waals surface area contributed by atoms with Gasteiger partial charge in [-0.2, -0.15) is 0 Å². The molecule has 1 aromatic carbocycles. The Kier molecular flexibility index (Phi) is 9.13. The Labute approximate surface area is 153 Å². The first-order valence-electron chi connectivity index (χ1n) is 9.03. The van der Waals surface area contributed by atoms with Crippen molar-refractivity contribution in [3.05, 3.63) is 34.4 Å². The van der Waals surface area contributed by atoms with Crippen LogP contribution in [0, 0.1) is 32.6 Å². The third kappa shape index (κ3) is 5.54. The summed E-state index contributed by atoms with van der Waals surface area (Å²) in [7, 11) is 0.611. The van der Waals surface area contributed by atoms with Gasteiger partial charge in [0.25, 0.3) is 0 Å². The van der Waals surface area contributed by atoms with Gasteiger partial charge in [0.05, 0.1) is 15.7 Å². The van der Waals surface area contributed by atoms with Crippen LogP contribution in [0.4, 0.5) is 0 Å². The molecule has 0 aliphatic heterocycles. The van der Waals surface area contributed by atoms with Gasteiger partial charge < -0.3 is 9.30 Å². The normalized spacial score (nSPS) is 15.4. The van der Waals surface area contributed by atoms with E-state index in [-0.39, 0.29) is 17.7 Å². The highest BCUT2D eigenvalue weighted by Crippen LogP contribution is 2.35. The lowest BCUT2D eigenvalue weighted by Gasteiger charge is -2.22. The minimum Gasteiger partial charge on any atom is -0.465 e. The molecule has 1 aromatic rings. The monoisotopic (exact) mass is 366 g/mol. The van der Waals surface area contributed by atoms with Gasteiger partial charge in [-0.25, -0.2) is 0 Å². The van der Waals surface area contributed by atoms with Crippen molar-refractivity contribution < 1.29 is 18.9 Å². The molecule has 5 heteroatoms. The number of rotatable bonds is 6. The summed E-state index contributed by atoms with van der Waals surface area (Å²) in [6, 6.07) is 4.03. The first-order chi connectivity index (χ1) is 12.0. The van der Waals surface area contributed by atoms with Crippen LogP contribution in [0.5, 0.6) is 0 Å². The molecular weight excluding hydrogens is 335 g/mol. The summed E-state index contributed by atoms with van der Waals surface area (Å²) in [5, 5.41) is 0. The van der Waals surface area contributed by atoms with Gasteiger partial charge >= 0.3 is 5.97 Å². The number of carbonyl (C=O) groups excluding carboxylic acids is 2. The van der Waals surface area contributed by atoms with Gasteiger partial charge in [0, 0.05) is 5.56 Å². The highest BCUT2D eigenvalue weighted by atomic mass is 31.0. The lowest BCUT2D eigenvalue weighted by atomic mass is 9.82. The van der Waals surface area contributed by atoms with Crippen molar-refractivity contribution in [2.75, 3.05) is 6.61 Å². The predicted molar refractivity (Wildman–Crippen MR) is 103 cm³/mol. The van der Waals surface area contributed by atoms with Crippen molar-refractivity contribution in [3.63, 3.8) is 0 Å². The smallest absolute Gasteiger partial charge is 0.317 e. The van der Waals surface area contributed by atoms with E-state index in [2.05, 4.69) is 0 Å². The fraction of sp³-hybridized carbons (Fsp3) is 0.600. The first-order valence-corrected chi connectivity index (χ1v) is 9.61. The van der Waals surface area contributed by atoms with E-state index < -0.39 is 5.92 Å². The molecule has 2 atom stereocenters. The number of carbonyl (C=O) groups is 2. The van der Waals surface area contributed by atoms with Crippen LogP contribution in [0.25, 0.3) is 0 Å². The second kappa shape index (κ2) is 10.6. The summed E-state index contributed by atoms with van der Waals surface area (Å²) in [6.45, 7) is 8.29. The number of hydrogen-bond donors (Lipinski definition) is 0. The Morgan fingerprint density at radius 2 is 1.64 bits per heavy atom. The maximum atomic E-state index is 13.2. The van der Waals surface area contributed by atoms with Crippen LogP contribution in [0.3, 0.4) is 0 Å². The highest BCUT2D eigenvalue weighted by molar-refractivity contribution is 7.00. The van der Waals surface area contributed by atoms with E-state index in [1.807, 2.05) is 39.8 Å². The Morgan fingerprint density at radius 3 is 2.12 bits per heavy atom. The Hall–Kier alpha value is -1.41. The lowest BCUT2D eigenvalue weighted by molar-refractivity contribution is -0.148. The number of ether oxygens (including phenoxy) is 1. The molecule has 25 heavy (non-hydrogen) atoms. The molecule has 0 radical (unpaired) electrons. The third-order valence-corrected chi connectivity index (χ3v) is 4.78. The molecule has 2 unspecified atom stereocenters. The topological polar surface area (TPSA) is 60.4 Å². The molecule has 0 N–H and O–H groups in total. The van der Waals surface area contributed by atoms with Crippen molar-refractivity contribution in [2.24, 2.45) is 11.8 Å². The Balaban J connectivity index is 0.00000151. The lowest BCUT2D eigenvalue weighted by Crippen LogP contribution is -2.33. The van der Waals surface area contributed by atoms with Crippen molar-refractivity contribution in [1.29, 1.82) is 0 Å². The van der Waals surface area contributed by atoms with Gasteiger partial charge in [-0.3, -0.25) is 9.59 Å². The molecule has 1 aliphatic carbocycles. The van der Waals surface area contributed by atoms with Crippen molar-refractivity contribution in [2.45, 2.75) is 59.8 Å². The van der Waals surface area contributed by atoms with Gasteiger partial charge in [-0.05, 0) is 57.1 Å². The zero-order chi connectivity index (χ0) is 19.0. The predicted octanol–water partition coefficient (Wildman–Crippen LogP) is 4.49. The fourth-order valence-electron chi connectivity index (χ4n) is 3.82. The van der Waals surface area contributed by atoms with Crippen LogP contribution in [0.15, 0.2) is 12.1 Å². The zero-order valence-corrected chi connectivity index (χ0v) is 17.3. The average molecular weight is 366 g/mol. The summed E-state index contributed by atoms with van der Waals surface area (Å²) in [5.41, 5.74) is 3.76. The Morgan fingerprint density at radius 1 is 1.12 bits per heavy atom. The molecule has 1 saturated carbocycles. The van der Waals surface area contributed by atoms with E-state index in [4.69, 9.17) is 9.30 Å². The molecule has 0 bridgehead atoms. The summed E-state index contributed by atoms with van der Waals surface area (Å²) in [6.07, 6.45) is 4.87. The first kappa shape index (κ1) is 21.6. The van der Waals surface area contributed by atoms with Crippen molar-refractivity contribution in [1.82, 2.24) is 0 Å². The number of hydrogen-bond acceptors (Lipinski definition) is 4. The van der Waals surface area contributed by atoms with Crippen LogP contribution < -0.4 is 0 Å². The Bertz CT molecular complexity index is 583. The molecule has 0 saturated heterocycles. The fourth-order valence-corrected chi connectivity index (χ4v) is 3.82. The second-order valence-corrected chi connectivity index (χ2v) is 6.83. The summed E-state index contributed by atoms with van der Waals surface area (Å²) < 4.78 is 13.6. The maximum Gasteiger partial charge on any atom is 0.317 e. The third-order valence-electron chi connectivity index (χ3n) is 4.78. The summed E-state index contributed by atoms with van der Waals surface area (Å²) in [4.78, 5) is 25.7. The molecule has 2 rings (SSSR count). The van der Waals surface area contributed by atoms with E-state index >= 15 is 0 Å². The summed E-state index contributed by atoms with van der Waals surface area (Å²) in [5.74, 6) is -0.882. The molecule has 0 aromatic heterocycles. The SMILES string of the molecule is CCCOC(=O)C(C(=O)c1c(C)cc(C)cc1C)C1CCCC1.O=[PH3]. The van der Waals surface area contributed by atoms with E-state index in [1.54, 1.807) is 0 Å². The zero-order valence-electron chi connectivity index (χ0n) is 15.9. The van der Waals surface area contributed by atoms with Crippen LogP contribution in [-0.2, 0) is 14.1 Å². The van der Waals surface area contributed by atoms with Crippen LogP contribution >= 0.6 is 9.12 Å². The number of ketones is 1. The largest absolute Gasteiger partial charge is 0.465 e. The van der Waals surface area contributed by atoms with Gasteiger partial charge in [-0.1, -0.05) is 37.5 Å². The standard InChI is InChI=1S/C20H28O3.H3OP/c1-5-10-23-20(22)18(16-8-6-7-9-16)19(21)17-14(3)11-13(2)12-15(17)4;1-2/h11-12,16,18H,5-10H2,1-4H3;2H3. The van der Waals surface area contributed by atoms with Crippen molar-refractivity contribution >= 4 is 20.9 Å². The van der Waals surface area contributed by atoms with Crippen LogP contribution in [0.1, 0.15) is 66.1 Å². The molecule has 0 amide bonds. The summed E-state index contributed by atoms with van der Waals surface area (Å²) >= 11 is 0. The number of aryl methyl sites for hydroxylation is 3. The second-order valence-electron chi connectivity index (χ2n) is 6.83. The molecule has 0 spiro atoms. The van der Waals surface area contributed by atoms with Gasteiger partial charge in [0.15, 0.2) is 5.78 Å². The minimum absolute atomic E-state index is 0.0481. The molecule has 4 nitrogen and oxygen atoms in total. The van der Waals surface area contributed by atoms with Gasteiger partial charge in [-0.15, -0.1) is 0 Å².